The average Bonchev–Trinajstić information content (AvgIpc) is 3.28. The predicted molar refractivity (Wildman–Crippen MR) is 118 cm³/mol. The number of ether oxygens (including phenoxy) is 1. The molecule has 4 bridgehead atoms. The van der Waals surface area contributed by atoms with Crippen LogP contribution >= 0.6 is 0 Å². The van der Waals surface area contributed by atoms with Crippen LogP contribution in [0.4, 0.5) is 5.82 Å². The lowest BCUT2D eigenvalue weighted by Crippen LogP contribution is -2.48. The molecule has 31 heavy (non-hydrogen) atoms. The van der Waals surface area contributed by atoms with E-state index in [2.05, 4.69) is 16.6 Å². The number of nitrogens with zero attached hydrogens (tertiary/aromatic N) is 4. The molecule has 2 N–H and O–H groups in total. The fourth-order valence-electron chi connectivity index (χ4n) is 7.27. The van der Waals surface area contributed by atoms with Gasteiger partial charge in [0.05, 0.1) is 19.5 Å². The van der Waals surface area contributed by atoms with Crippen LogP contribution in [0.25, 0.3) is 16.8 Å². The summed E-state index contributed by atoms with van der Waals surface area (Å²) in [6, 6.07) is 1.91. The minimum atomic E-state index is -0.417. The zero-order valence-corrected chi connectivity index (χ0v) is 18.2. The largest absolute Gasteiger partial charge is 0.465 e. The van der Waals surface area contributed by atoms with Gasteiger partial charge in [-0.1, -0.05) is 0 Å². The lowest BCUT2D eigenvalue weighted by atomic mass is 9.49. The number of nitrogen functional groups attached to an aromatic ring is 1. The first-order valence-corrected chi connectivity index (χ1v) is 11.3. The number of fused-ring (bicyclic) bond motifs is 1. The Morgan fingerprint density at radius 2 is 1.84 bits per heavy atom. The highest BCUT2D eigenvalue weighted by atomic mass is 16.5. The molecule has 0 aromatic carbocycles. The van der Waals surface area contributed by atoms with Gasteiger partial charge in [-0.2, -0.15) is 5.10 Å². The Morgan fingerprint density at radius 1 is 1.16 bits per heavy atom. The van der Waals surface area contributed by atoms with E-state index in [-0.39, 0.29) is 0 Å². The van der Waals surface area contributed by atoms with Crippen molar-refractivity contribution in [3.8, 4) is 11.1 Å². The van der Waals surface area contributed by atoms with Crippen LogP contribution in [0.2, 0.25) is 0 Å². The summed E-state index contributed by atoms with van der Waals surface area (Å²) in [6.45, 7) is 3.09. The molecule has 4 saturated carbocycles. The molecule has 3 heterocycles. The Hall–Kier alpha value is -2.83. The Labute approximate surface area is 181 Å². The van der Waals surface area contributed by atoms with Gasteiger partial charge >= 0.3 is 5.97 Å². The van der Waals surface area contributed by atoms with Gasteiger partial charge in [-0.25, -0.2) is 9.78 Å². The van der Waals surface area contributed by atoms with Crippen LogP contribution in [0.1, 0.15) is 54.6 Å². The maximum absolute atomic E-state index is 12.7. The molecule has 3 aromatic rings. The first kappa shape index (κ1) is 18.9. The fourth-order valence-corrected chi connectivity index (χ4v) is 7.27. The number of hydrogen-bond donors (Lipinski definition) is 1. The Bertz CT molecular complexity index is 1150. The monoisotopic (exact) mass is 419 g/mol. The molecule has 7 heteroatoms. The molecule has 162 valence electrons. The van der Waals surface area contributed by atoms with Crippen LogP contribution in [0.15, 0.2) is 24.7 Å². The van der Waals surface area contributed by atoms with E-state index in [0.29, 0.717) is 22.4 Å². The summed E-state index contributed by atoms with van der Waals surface area (Å²) in [4.78, 5) is 17.1. The van der Waals surface area contributed by atoms with Gasteiger partial charge in [-0.15, -0.1) is 0 Å². The molecule has 4 aliphatic carbocycles. The molecule has 0 atom stereocenters. The summed E-state index contributed by atoms with van der Waals surface area (Å²) in [5.74, 6) is 2.82. The third-order valence-electron chi connectivity index (χ3n) is 8.14. The second-order valence-electron chi connectivity index (χ2n) is 10.2. The maximum Gasteiger partial charge on any atom is 0.342 e. The minimum absolute atomic E-state index is 0.398. The molecule has 3 aromatic heterocycles. The number of hydrogen-bond acceptors (Lipinski definition) is 5. The van der Waals surface area contributed by atoms with Crippen molar-refractivity contribution in [2.75, 3.05) is 12.8 Å². The highest BCUT2D eigenvalue weighted by molar-refractivity contribution is 6.03. The number of carbonyl (C=O) groups excluding carboxylic acids is 1. The molecule has 0 unspecified atom stereocenters. The van der Waals surface area contributed by atoms with Crippen molar-refractivity contribution in [2.24, 2.45) is 23.2 Å². The zero-order chi connectivity index (χ0) is 21.3. The summed E-state index contributed by atoms with van der Waals surface area (Å²) in [7, 11) is 1.39. The standard InChI is InChI=1S/C24H29N5O2/c1-14-19(18-3-4-28-20(25)12-26-22(28)21(18)23(30)31-2)11-27-29(14)13-24-8-15-5-16(9-24)7-17(6-15)10-24/h3-4,11-12,15-17H,5-10,13,25H2,1-2H3. The van der Waals surface area contributed by atoms with Crippen molar-refractivity contribution in [1.29, 1.82) is 0 Å². The van der Waals surface area contributed by atoms with Gasteiger partial charge in [0.2, 0.25) is 0 Å². The van der Waals surface area contributed by atoms with Gasteiger partial charge in [0.15, 0.2) is 5.65 Å². The number of rotatable bonds is 4. The van der Waals surface area contributed by atoms with Crippen LogP contribution in [0, 0.1) is 30.1 Å². The second-order valence-corrected chi connectivity index (χ2v) is 10.2. The van der Waals surface area contributed by atoms with Gasteiger partial charge in [0, 0.05) is 29.6 Å². The average molecular weight is 420 g/mol. The lowest BCUT2D eigenvalue weighted by molar-refractivity contribution is -0.0638. The Kier molecular flexibility index (Phi) is 4.01. The van der Waals surface area contributed by atoms with Crippen molar-refractivity contribution >= 4 is 17.4 Å². The third-order valence-corrected chi connectivity index (χ3v) is 8.14. The summed E-state index contributed by atoms with van der Waals surface area (Å²) in [5.41, 5.74) is 10.2. The fraction of sp³-hybridized carbons (Fsp3) is 0.542. The number of imidazole rings is 1. The van der Waals surface area contributed by atoms with E-state index in [0.717, 1.165) is 41.1 Å². The van der Waals surface area contributed by atoms with Gasteiger partial charge < -0.3 is 10.5 Å². The number of pyridine rings is 1. The third kappa shape index (κ3) is 2.82. The Balaban J connectivity index is 1.40. The van der Waals surface area contributed by atoms with E-state index in [4.69, 9.17) is 15.6 Å². The van der Waals surface area contributed by atoms with Crippen LogP contribution in [-0.4, -0.2) is 32.2 Å². The van der Waals surface area contributed by atoms with E-state index in [1.54, 1.807) is 10.6 Å². The molecule has 0 radical (unpaired) electrons. The SMILES string of the molecule is COC(=O)c1c(-c2cnn(CC34CC5CC(CC(C5)C3)C4)c2C)ccn2c(N)cnc12. The van der Waals surface area contributed by atoms with Crippen LogP contribution in [0.5, 0.6) is 0 Å². The summed E-state index contributed by atoms with van der Waals surface area (Å²) >= 11 is 0. The van der Waals surface area contributed by atoms with Gasteiger partial charge in [-0.3, -0.25) is 9.08 Å². The molecule has 7 rings (SSSR count). The first-order valence-electron chi connectivity index (χ1n) is 11.3. The number of methoxy groups -OCH3 is 1. The molecular weight excluding hydrogens is 390 g/mol. The summed E-state index contributed by atoms with van der Waals surface area (Å²) in [6.07, 6.45) is 13.7. The smallest absolute Gasteiger partial charge is 0.342 e. The number of anilines is 1. The van der Waals surface area contributed by atoms with E-state index in [1.165, 1.54) is 45.6 Å². The molecular formula is C24H29N5O2. The maximum atomic E-state index is 12.7. The van der Waals surface area contributed by atoms with E-state index in [9.17, 15) is 4.79 Å². The topological polar surface area (TPSA) is 87.4 Å². The number of nitrogens with two attached hydrogens (primary N) is 1. The molecule has 4 fully saturated rings. The quantitative estimate of drug-likeness (QED) is 0.644. The Morgan fingerprint density at radius 3 is 2.48 bits per heavy atom. The molecule has 0 spiro atoms. The van der Waals surface area contributed by atoms with Gasteiger partial charge in [0.1, 0.15) is 11.4 Å². The highest BCUT2D eigenvalue weighted by Gasteiger charge is 2.51. The van der Waals surface area contributed by atoms with Crippen molar-refractivity contribution in [3.05, 3.63) is 35.9 Å². The van der Waals surface area contributed by atoms with E-state index in [1.807, 2.05) is 18.5 Å². The minimum Gasteiger partial charge on any atom is -0.465 e. The highest BCUT2D eigenvalue weighted by Crippen LogP contribution is 2.60. The number of esters is 1. The van der Waals surface area contributed by atoms with Crippen LogP contribution < -0.4 is 5.73 Å². The molecule has 0 amide bonds. The van der Waals surface area contributed by atoms with Gasteiger partial charge in [-0.05, 0) is 74.7 Å². The molecule has 0 saturated heterocycles. The first-order chi connectivity index (χ1) is 15.0. The summed E-state index contributed by atoms with van der Waals surface area (Å²) < 4.78 is 8.98. The number of carbonyl (C=O) groups is 1. The van der Waals surface area contributed by atoms with Crippen molar-refractivity contribution in [3.63, 3.8) is 0 Å². The normalized spacial score (nSPS) is 29.0. The zero-order valence-electron chi connectivity index (χ0n) is 18.2. The predicted octanol–water partition coefficient (Wildman–Crippen LogP) is 4.09. The van der Waals surface area contributed by atoms with Crippen molar-refractivity contribution in [2.45, 2.75) is 52.0 Å². The summed E-state index contributed by atoms with van der Waals surface area (Å²) in [5, 5.41) is 4.79. The van der Waals surface area contributed by atoms with Crippen LogP contribution in [-0.2, 0) is 11.3 Å². The van der Waals surface area contributed by atoms with Crippen molar-refractivity contribution < 1.29 is 9.53 Å². The van der Waals surface area contributed by atoms with E-state index >= 15 is 0 Å². The van der Waals surface area contributed by atoms with Crippen LogP contribution in [0.3, 0.4) is 0 Å². The second kappa shape index (κ2) is 6.58. The lowest BCUT2D eigenvalue weighted by Gasteiger charge is -2.56. The van der Waals surface area contributed by atoms with Crippen molar-refractivity contribution in [1.82, 2.24) is 19.2 Å². The number of aromatic nitrogens is 4. The van der Waals surface area contributed by atoms with Gasteiger partial charge in [0.25, 0.3) is 0 Å². The molecule has 4 aliphatic rings. The molecule has 7 nitrogen and oxygen atoms in total. The molecule has 0 aliphatic heterocycles. The van der Waals surface area contributed by atoms with E-state index < -0.39 is 5.97 Å².